The number of nitrogens with zero attached hydrogens (tertiary/aromatic N) is 2. The summed E-state index contributed by atoms with van der Waals surface area (Å²) in [5, 5.41) is 8.24. The molecule has 1 heterocycles. The van der Waals surface area contributed by atoms with Crippen molar-refractivity contribution in [2.75, 3.05) is 6.54 Å². The number of aromatic nitrogens is 2. The number of halogens is 2. The predicted octanol–water partition coefficient (Wildman–Crippen LogP) is 4.17. The summed E-state index contributed by atoms with van der Waals surface area (Å²) in [6, 6.07) is 4.43. The normalized spacial score (nSPS) is 12.6. The lowest BCUT2D eigenvalue weighted by Gasteiger charge is -2.18. The molecule has 0 aliphatic rings. The summed E-state index contributed by atoms with van der Waals surface area (Å²) in [6.07, 6.45) is 5.75. The SMILES string of the molecule is CCCNC(c1cnn(CCC)c1)c1cc(Cl)ccc1F. The van der Waals surface area contributed by atoms with Gasteiger partial charge in [-0.25, -0.2) is 4.39 Å². The zero-order chi connectivity index (χ0) is 15.2. The van der Waals surface area contributed by atoms with Crippen molar-refractivity contribution < 1.29 is 4.39 Å². The van der Waals surface area contributed by atoms with Gasteiger partial charge in [0.15, 0.2) is 0 Å². The van der Waals surface area contributed by atoms with Crippen molar-refractivity contribution in [3.05, 3.63) is 52.6 Å². The van der Waals surface area contributed by atoms with E-state index in [1.807, 2.05) is 10.9 Å². The van der Waals surface area contributed by atoms with Gasteiger partial charge in [0.1, 0.15) is 5.82 Å². The summed E-state index contributed by atoms with van der Waals surface area (Å²) >= 11 is 6.02. The van der Waals surface area contributed by atoms with E-state index in [0.717, 1.165) is 31.5 Å². The highest BCUT2D eigenvalue weighted by molar-refractivity contribution is 6.30. The molecule has 1 aromatic carbocycles. The molecule has 0 radical (unpaired) electrons. The van der Waals surface area contributed by atoms with Crippen LogP contribution in [0.2, 0.25) is 5.02 Å². The quantitative estimate of drug-likeness (QED) is 0.831. The molecule has 1 atom stereocenters. The Hall–Kier alpha value is -1.39. The highest BCUT2D eigenvalue weighted by Gasteiger charge is 2.19. The average molecular weight is 310 g/mol. The van der Waals surface area contributed by atoms with Crippen molar-refractivity contribution >= 4 is 11.6 Å². The first-order valence-electron chi connectivity index (χ1n) is 7.36. The van der Waals surface area contributed by atoms with Crippen molar-refractivity contribution in [2.45, 2.75) is 39.3 Å². The summed E-state index contributed by atoms with van der Waals surface area (Å²) in [5.74, 6) is -0.253. The largest absolute Gasteiger partial charge is 0.306 e. The predicted molar refractivity (Wildman–Crippen MR) is 84.1 cm³/mol. The average Bonchev–Trinajstić information content (AvgIpc) is 2.92. The Morgan fingerprint density at radius 3 is 2.86 bits per heavy atom. The number of nitrogens with one attached hydrogen (secondary N) is 1. The Morgan fingerprint density at radius 1 is 1.33 bits per heavy atom. The second kappa shape index (κ2) is 7.57. The third kappa shape index (κ3) is 4.05. The van der Waals surface area contributed by atoms with Crippen molar-refractivity contribution in [1.82, 2.24) is 15.1 Å². The van der Waals surface area contributed by atoms with E-state index in [-0.39, 0.29) is 11.9 Å². The molecular formula is C16H21ClFN3. The van der Waals surface area contributed by atoms with Gasteiger partial charge in [0.2, 0.25) is 0 Å². The molecule has 21 heavy (non-hydrogen) atoms. The molecule has 114 valence electrons. The van der Waals surface area contributed by atoms with E-state index in [4.69, 9.17) is 11.6 Å². The molecular weight excluding hydrogens is 289 g/mol. The Bertz CT molecular complexity index is 583. The van der Waals surface area contributed by atoms with E-state index in [0.29, 0.717) is 10.6 Å². The topological polar surface area (TPSA) is 29.9 Å². The Morgan fingerprint density at radius 2 is 2.14 bits per heavy atom. The molecule has 3 nitrogen and oxygen atoms in total. The molecule has 0 bridgehead atoms. The zero-order valence-corrected chi connectivity index (χ0v) is 13.2. The van der Waals surface area contributed by atoms with Crippen molar-refractivity contribution in [1.29, 1.82) is 0 Å². The monoisotopic (exact) mass is 309 g/mol. The van der Waals surface area contributed by atoms with Crippen molar-refractivity contribution in [3.63, 3.8) is 0 Å². The van der Waals surface area contributed by atoms with Crippen LogP contribution in [0.25, 0.3) is 0 Å². The molecule has 1 unspecified atom stereocenters. The van der Waals surface area contributed by atoms with Crippen LogP contribution in [-0.2, 0) is 6.54 Å². The second-order valence-electron chi connectivity index (χ2n) is 5.09. The van der Waals surface area contributed by atoms with Crippen LogP contribution >= 0.6 is 11.6 Å². The number of benzene rings is 1. The summed E-state index contributed by atoms with van der Waals surface area (Å²) in [6.45, 7) is 5.85. The van der Waals surface area contributed by atoms with Crippen molar-refractivity contribution in [2.24, 2.45) is 0 Å². The maximum atomic E-state index is 14.2. The highest BCUT2D eigenvalue weighted by Crippen LogP contribution is 2.27. The first-order chi connectivity index (χ1) is 10.2. The van der Waals surface area contributed by atoms with Gasteiger partial charge in [-0.05, 0) is 37.6 Å². The minimum absolute atomic E-state index is 0.228. The van der Waals surface area contributed by atoms with Gasteiger partial charge >= 0.3 is 0 Å². The van der Waals surface area contributed by atoms with Crippen LogP contribution in [0.4, 0.5) is 4.39 Å². The fraction of sp³-hybridized carbons (Fsp3) is 0.438. The fourth-order valence-corrected chi connectivity index (χ4v) is 2.49. The van der Waals surface area contributed by atoms with Crippen LogP contribution in [0.3, 0.4) is 0 Å². The lowest BCUT2D eigenvalue weighted by molar-refractivity contribution is 0.545. The minimum atomic E-state index is -0.253. The maximum absolute atomic E-state index is 14.2. The van der Waals surface area contributed by atoms with Gasteiger partial charge in [-0.2, -0.15) is 5.10 Å². The van der Waals surface area contributed by atoms with E-state index in [1.165, 1.54) is 6.07 Å². The summed E-state index contributed by atoms with van der Waals surface area (Å²) in [5.41, 5.74) is 1.52. The van der Waals surface area contributed by atoms with E-state index in [1.54, 1.807) is 18.3 Å². The van der Waals surface area contributed by atoms with Crippen LogP contribution in [0.1, 0.15) is 43.9 Å². The molecule has 0 fully saturated rings. The summed E-state index contributed by atoms with van der Waals surface area (Å²) < 4.78 is 16.0. The van der Waals surface area contributed by atoms with Crippen LogP contribution in [0.15, 0.2) is 30.6 Å². The molecule has 0 saturated carbocycles. The molecule has 0 aliphatic carbocycles. The number of hydrogen-bond acceptors (Lipinski definition) is 2. The first-order valence-corrected chi connectivity index (χ1v) is 7.74. The smallest absolute Gasteiger partial charge is 0.128 e. The van der Waals surface area contributed by atoms with Gasteiger partial charge in [0.05, 0.1) is 12.2 Å². The van der Waals surface area contributed by atoms with Gasteiger partial charge in [0, 0.05) is 28.9 Å². The van der Waals surface area contributed by atoms with Crippen LogP contribution in [-0.4, -0.2) is 16.3 Å². The van der Waals surface area contributed by atoms with E-state index < -0.39 is 0 Å². The molecule has 2 rings (SSSR count). The second-order valence-corrected chi connectivity index (χ2v) is 5.53. The third-order valence-corrected chi connectivity index (χ3v) is 3.54. The van der Waals surface area contributed by atoms with Crippen molar-refractivity contribution in [3.8, 4) is 0 Å². The lowest BCUT2D eigenvalue weighted by Crippen LogP contribution is -2.23. The molecule has 5 heteroatoms. The molecule has 1 N–H and O–H groups in total. The van der Waals surface area contributed by atoms with Crippen LogP contribution in [0, 0.1) is 5.82 Å². The Kier molecular flexibility index (Phi) is 5.76. The van der Waals surface area contributed by atoms with Gasteiger partial charge in [-0.15, -0.1) is 0 Å². The molecule has 0 aliphatic heterocycles. The number of hydrogen-bond donors (Lipinski definition) is 1. The van der Waals surface area contributed by atoms with Crippen LogP contribution in [0.5, 0.6) is 0 Å². The first kappa shape index (κ1) is 16.0. The van der Waals surface area contributed by atoms with Crippen LogP contribution < -0.4 is 5.32 Å². The zero-order valence-electron chi connectivity index (χ0n) is 12.4. The van der Waals surface area contributed by atoms with E-state index in [9.17, 15) is 4.39 Å². The molecule has 2 aromatic rings. The number of rotatable bonds is 7. The van der Waals surface area contributed by atoms with Gasteiger partial charge in [-0.3, -0.25) is 4.68 Å². The molecule has 0 amide bonds. The standard InChI is InChI=1S/C16H21ClFN3/c1-3-7-19-16(12-10-20-21(11-12)8-4-2)14-9-13(17)5-6-15(14)18/h5-6,9-11,16,19H,3-4,7-8H2,1-2H3. The minimum Gasteiger partial charge on any atom is -0.306 e. The molecule has 0 saturated heterocycles. The van der Waals surface area contributed by atoms with Gasteiger partial charge in [0.25, 0.3) is 0 Å². The van der Waals surface area contributed by atoms with Gasteiger partial charge < -0.3 is 5.32 Å². The molecule has 0 spiro atoms. The number of aryl methyl sites for hydroxylation is 1. The highest BCUT2D eigenvalue weighted by atomic mass is 35.5. The van der Waals surface area contributed by atoms with Gasteiger partial charge in [-0.1, -0.05) is 25.4 Å². The maximum Gasteiger partial charge on any atom is 0.128 e. The Balaban J connectivity index is 2.34. The Labute approximate surface area is 130 Å². The lowest BCUT2D eigenvalue weighted by atomic mass is 10.0. The molecule has 1 aromatic heterocycles. The summed E-state index contributed by atoms with van der Waals surface area (Å²) in [7, 11) is 0. The third-order valence-electron chi connectivity index (χ3n) is 3.31. The van der Waals surface area contributed by atoms with E-state index >= 15 is 0 Å². The van der Waals surface area contributed by atoms with E-state index in [2.05, 4.69) is 24.3 Å². The summed E-state index contributed by atoms with van der Waals surface area (Å²) in [4.78, 5) is 0. The fourth-order valence-electron chi connectivity index (χ4n) is 2.31.